The molecular weight excluding hydrogens is 228 g/mol. The van der Waals surface area contributed by atoms with E-state index in [0.29, 0.717) is 5.56 Å². The highest BCUT2D eigenvalue weighted by Crippen LogP contribution is 2.15. The fraction of sp³-hybridized carbons (Fsp3) is 0.143. The van der Waals surface area contributed by atoms with Gasteiger partial charge in [0.1, 0.15) is 5.75 Å². The zero-order valence-corrected chi connectivity index (χ0v) is 10.3. The van der Waals surface area contributed by atoms with Crippen molar-refractivity contribution in [3.8, 4) is 5.75 Å². The zero-order valence-electron chi connectivity index (χ0n) is 10.3. The van der Waals surface area contributed by atoms with Crippen molar-refractivity contribution in [3.05, 3.63) is 53.9 Å². The Morgan fingerprint density at radius 2 is 1.94 bits per heavy atom. The molecule has 0 aliphatic carbocycles. The third kappa shape index (κ3) is 2.66. The van der Waals surface area contributed by atoms with E-state index in [2.05, 4.69) is 10.3 Å². The summed E-state index contributed by atoms with van der Waals surface area (Å²) in [6.07, 6.45) is 1.69. The molecule has 18 heavy (non-hydrogen) atoms. The third-order valence-electron chi connectivity index (χ3n) is 2.61. The van der Waals surface area contributed by atoms with Crippen LogP contribution < -0.4 is 10.1 Å². The number of nitrogens with zero attached hydrogens (tertiary/aromatic N) is 1. The molecule has 0 bridgehead atoms. The molecule has 4 nitrogen and oxygen atoms in total. The lowest BCUT2D eigenvalue weighted by atomic mass is 10.2. The highest BCUT2D eigenvalue weighted by Gasteiger charge is 2.07. The molecule has 4 heteroatoms. The van der Waals surface area contributed by atoms with Crippen LogP contribution in [-0.4, -0.2) is 18.0 Å². The monoisotopic (exact) mass is 242 g/mol. The van der Waals surface area contributed by atoms with Gasteiger partial charge in [-0.25, -0.2) is 0 Å². The maximum atomic E-state index is 12.0. The van der Waals surface area contributed by atoms with Gasteiger partial charge >= 0.3 is 0 Å². The number of benzene rings is 1. The summed E-state index contributed by atoms with van der Waals surface area (Å²) < 4.78 is 5.04. The van der Waals surface area contributed by atoms with E-state index >= 15 is 0 Å². The minimum Gasteiger partial charge on any atom is -0.497 e. The number of pyridine rings is 1. The van der Waals surface area contributed by atoms with Crippen LogP contribution in [-0.2, 0) is 0 Å². The predicted molar refractivity (Wildman–Crippen MR) is 69.9 cm³/mol. The van der Waals surface area contributed by atoms with Crippen molar-refractivity contribution in [1.29, 1.82) is 0 Å². The summed E-state index contributed by atoms with van der Waals surface area (Å²) in [7, 11) is 1.59. The molecule has 0 unspecified atom stereocenters. The maximum Gasteiger partial charge on any atom is 0.255 e. The van der Waals surface area contributed by atoms with Gasteiger partial charge in [-0.2, -0.15) is 0 Å². The normalized spacial score (nSPS) is 9.89. The Bertz CT molecular complexity index is 550. The van der Waals surface area contributed by atoms with Crippen molar-refractivity contribution < 1.29 is 9.53 Å². The smallest absolute Gasteiger partial charge is 0.255 e. The molecule has 1 N–H and O–H groups in total. The Morgan fingerprint density at radius 1 is 1.22 bits per heavy atom. The number of amides is 1. The van der Waals surface area contributed by atoms with E-state index in [1.165, 1.54) is 0 Å². The minimum absolute atomic E-state index is 0.159. The lowest BCUT2D eigenvalue weighted by molar-refractivity contribution is 0.102. The molecule has 0 fully saturated rings. The van der Waals surface area contributed by atoms with Crippen molar-refractivity contribution >= 4 is 11.6 Å². The van der Waals surface area contributed by atoms with Crippen molar-refractivity contribution in [2.45, 2.75) is 6.92 Å². The summed E-state index contributed by atoms with van der Waals surface area (Å²) >= 11 is 0. The summed E-state index contributed by atoms with van der Waals surface area (Å²) in [5.41, 5.74) is 2.09. The second kappa shape index (κ2) is 5.31. The number of carbonyl (C=O) groups is 1. The standard InChI is InChI=1S/C14H14N2O2/c1-10-13(4-3-9-15-10)16-14(17)11-5-7-12(18-2)8-6-11/h3-9H,1-2H3,(H,16,17). The second-order valence-corrected chi connectivity index (χ2v) is 3.82. The van der Waals surface area contributed by atoms with E-state index in [1.807, 2.05) is 13.0 Å². The number of aromatic nitrogens is 1. The number of carbonyl (C=O) groups excluding carboxylic acids is 1. The summed E-state index contributed by atoms with van der Waals surface area (Å²) in [5.74, 6) is 0.567. The highest BCUT2D eigenvalue weighted by molar-refractivity contribution is 6.04. The Labute approximate surface area is 106 Å². The van der Waals surface area contributed by atoms with E-state index in [1.54, 1.807) is 43.6 Å². The van der Waals surface area contributed by atoms with Gasteiger partial charge in [0.15, 0.2) is 0 Å². The molecule has 0 saturated heterocycles. The summed E-state index contributed by atoms with van der Waals surface area (Å²) in [5, 5.41) is 2.82. The van der Waals surface area contributed by atoms with Crippen LogP contribution in [0.2, 0.25) is 0 Å². The molecule has 0 atom stereocenters. The molecule has 1 heterocycles. The van der Waals surface area contributed by atoms with E-state index in [0.717, 1.165) is 17.1 Å². The van der Waals surface area contributed by atoms with Crippen LogP contribution in [0.4, 0.5) is 5.69 Å². The Balaban J connectivity index is 2.14. The van der Waals surface area contributed by atoms with Gasteiger partial charge in [0.25, 0.3) is 5.91 Å². The van der Waals surface area contributed by atoms with Gasteiger partial charge in [-0.15, -0.1) is 0 Å². The predicted octanol–water partition coefficient (Wildman–Crippen LogP) is 2.65. The Hall–Kier alpha value is -2.36. The van der Waals surface area contributed by atoms with E-state index in [-0.39, 0.29) is 5.91 Å². The number of ether oxygens (including phenoxy) is 1. The van der Waals surface area contributed by atoms with Crippen LogP contribution in [0.1, 0.15) is 16.1 Å². The van der Waals surface area contributed by atoms with Crippen LogP contribution in [0.3, 0.4) is 0 Å². The quantitative estimate of drug-likeness (QED) is 0.900. The average molecular weight is 242 g/mol. The number of nitrogens with one attached hydrogen (secondary N) is 1. The SMILES string of the molecule is COc1ccc(C(=O)Nc2cccnc2C)cc1. The van der Waals surface area contributed by atoms with Gasteiger partial charge < -0.3 is 10.1 Å². The molecule has 2 rings (SSSR count). The number of aryl methyl sites for hydroxylation is 1. The fourth-order valence-corrected chi connectivity index (χ4v) is 1.55. The molecule has 0 saturated carbocycles. The van der Waals surface area contributed by atoms with Crippen molar-refractivity contribution in [1.82, 2.24) is 4.98 Å². The van der Waals surface area contributed by atoms with Gasteiger partial charge in [-0.05, 0) is 43.3 Å². The first-order chi connectivity index (χ1) is 8.70. The van der Waals surface area contributed by atoms with Gasteiger partial charge in [-0.3, -0.25) is 9.78 Å². The second-order valence-electron chi connectivity index (χ2n) is 3.82. The number of anilines is 1. The number of rotatable bonds is 3. The van der Waals surface area contributed by atoms with Crippen LogP contribution in [0.25, 0.3) is 0 Å². The summed E-state index contributed by atoms with van der Waals surface area (Å²) in [6, 6.07) is 10.6. The Kier molecular flexibility index (Phi) is 3.57. The summed E-state index contributed by atoms with van der Waals surface area (Å²) in [4.78, 5) is 16.1. The van der Waals surface area contributed by atoms with Gasteiger partial charge in [0.05, 0.1) is 18.5 Å². The first kappa shape index (κ1) is 12.1. The fourth-order valence-electron chi connectivity index (χ4n) is 1.55. The first-order valence-electron chi connectivity index (χ1n) is 5.58. The lowest BCUT2D eigenvalue weighted by Gasteiger charge is -2.07. The summed E-state index contributed by atoms with van der Waals surface area (Å²) in [6.45, 7) is 1.85. The topological polar surface area (TPSA) is 51.2 Å². The number of methoxy groups -OCH3 is 1. The number of hydrogen-bond donors (Lipinski definition) is 1. The highest BCUT2D eigenvalue weighted by atomic mass is 16.5. The van der Waals surface area contributed by atoms with Crippen LogP contribution in [0, 0.1) is 6.92 Å². The molecule has 1 amide bonds. The van der Waals surface area contributed by atoms with Crippen LogP contribution >= 0.6 is 0 Å². The van der Waals surface area contributed by atoms with Crippen LogP contribution in [0.15, 0.2) is 42.6 Å². The van der Waals surface area contributed by atoms with E-state index in [9.17, 15) is 4.79 Å². The molecule has 2 aromatic rings. The van der Waals surface area contributed by atoms with Crippen molar-refractivity contribution in [2.75, 3.05) is 12.4 Å². The Morgan fingerprint density at radius 3 is 2.56 bits per heavy atom. The average Bonchev–Trinajstić information content (AvgIpc) is 2.41. The third-order valence-corrected chi connectivity index (χ3v) is 2.61. The van der Waals surface area contributed by atoms with Crippen molar-refractivity contribution in [2.24, 2.45) is 0 Å². The molecule has 0 aliphatic heterocycles. The minimum atomic E-state index is -0.159. The molecule has 0 aliphatic rings. The molecule has 1 aromatic heterocycles. The molecule has 92 valence electrons. The van der Waals surface area contributed by atoms with Crippen LogP contribution in [0.5, 0.6) is 5.75 Å². The van der Waals surface area contributed by atoms with E-state index in [4.69, 9.17) is 4.74 Å². The largest absolute Gasteiger partial charge is 0.497 e. The molecular formula is C14H14N2O2. The lowest BCUT2D eigenvalue weighted by Crippen LogP contribution is -2.12. The molecule has 1 aromatic carbocycles. The van der Waals surface area contributed by atoms with Crippen molar-refractivity contribution in [3.63, 3.8) is 0 Å². The molecule has 0 radical (unpaired) electrons. The number of hydrogen-bond acceptors (Lipinski definition) is 3. The van der Waals surface area contributed by atoms with Gasteiger partial charge in [0.2, 0.25) is 0 Å². The zero-order chi connectivity index (χ0) is 13.0. The van der Waals surface area contributed by atoms with Gasteiger partial charge in [0, 0.05) is 11.8 Å². The van der Waals surface area contributed by atoms with Gasteiger partial charge in [-0.1, -0.05) is 0 Å². The molecule has 0 spiro atoms. The maximum absolute atomic E-state index is 12.0. The first-order valence-corrected chi connectivity index (χ1v) is 5.58. The van der Waals surface area contributed by atoms with E-state index < -0.39 is 0 Å².